The molecule has 21 heavy (non-hydrogen) atoms. The summed E-state index contributed by atoms with van der Waals surface area (Å²) in [6, 6.07) is 6.32. The fraction of sp³-hybridized carbons (Fsp3) is 0.562. The molecule has 1 aromatic rings. The van der Waals surface area contributed by atoms with Gasteiger partial charge in [-0.25, -0.2) is 4.39 Å². The molecule has 1 heterocycles. The number of benzene rings is 1. The van der Waals surface area contributed by atoms with Crippen LogP contribution in [-0.2, 0) is 11.3 Å². The van der Waals surface area contributed by atoms with E-state index in [0.29, 0.717) is 18.9 Å². The molecular formula is C16H24ClFN2O. The van der Waals surface area contributed by atoms with Crippen molar-refractivity contribution in [2.75, 3.05) is 20.1 Å². The predicted octanol–water partition coefficient (Wildman–Crippen LogP) is 2.99. The molecule has 0 radical (unpaired) electrons. The highest BCUT2D eigenvalue weighted by Crippen LogP contribution is 2.18. The van der Waals surface area contributed by atoms with Gasteiger partial charge in [-0.1, -0.05) is 12.1 Å². The number of nitrogens with zero attached hydrogens (tertiary/aromatic N) is 1. The van der Waals surface area contributed by atoms with E-state index in [1.807, 2.05) is 7.05 Å². The second-order valence-electron chi connectivity index (χ2n) is 5.61. The normalized spacial score (nSPS) is 15.3. The average Bonchev–Trinajstić information content (AvgIpc) is 2.48. The molecule has 1 aliphatic rings. The summed E-state index contributed by atoms with van der Waals surface area (Å²) in [6.45, 7) is 2.69. The zero-order valence-electron chi connectivity index (χ0n) is 12.5. The first-order chi connectivity index (χ1) is 9.65. The molecule has 0 aliphatic carbocycles. The molecule has 1 amide bonds. The molecule has 2 rings (SSSR count). The SMILES string of the molecule is CN(Cc1ccc(F)cc1)C(=O)CCC1CCNCC1.Cl. The van der Waals surface area contributed by atoms with E-state index in [1.165, 1.54) is 25.0 Å². The average molecular weight is 315 g/mol. The van der Waals surface area contributed by atoms with Crippen molar-refractivity contribution in [2.24, 2.45) is 5.92 Å². The number of halogens is 2. The summed E-state index contributed by atoms with van der Waals surface area (Å²) in [6.07, 6.45) is 3.94. The Morgan fingerprint density at radius 2 is 1.90 bits per heavy atom. The first kappa shape index (κ1) is 17.9. The third-order valence-electron chi connectivity index (χ3n) is 3.98. The zero-order chi connectivity index (χ0) is 14.4. The van der Waals surface area contributed by atoms with Crippen LogP contribution < -0.4 is 5.32 Å². The number of carbonyl (C=O) groups is 1. The summed E-state index contributed by atoms with van der Waals surface area (Å²) in [5.41, 5.74) is 0.962. The minimum atomic E-state index is -0.242. The fourth-order valence-electron chi connectivity index (χ4n) is 2.64. The van der Waals surface area contributed by atoms with Crippen LogP contribution >= 0.6 is 12.4 Å². The first-order valence-electron chi connectivity index (χ1n) is 7.34. The number of hydrogen-bond acceptors (Lipinski definition) is 2. The second-order valence-corrected chi connectivity index (χ2v) is 5.61. The van der Waals surface area contributed by atoms with Crippen molar-refractivity contribution in [1.82, 2.24) is 10.2 Å². The maximum Gasteiger partial charge on any atom is 0.222 e. The third kappa shape index (κ3) is 6.02. The summed E-state index contributed by atoms with van der Waals surface area (Å²) in [7, 11) is 1.81. The lowest BCUT2D eigenvalue weighted by molar-refractivity contribution is -0.130. The number of amides is 1. The van der Waals surface area contributed by atoms with Crippen LogP contribution in [0.2, 0.25) is 0 Å². The van der Waals surface area contributed by atoms with E-state index >= 15 is 0 Å². The zero-order valence-corrected chi connectivity index (χ0v) is 13.3. The molecule has 118 valence electrons. The molecule has 1 fully saturated rings. The lowest BCUT2D eigenvalue weighted by Gasteiger charge is -2.23. The molecular weight excluding hydrogens is 291 g/mol. The Bertz CT molecular complexity index is 432. The van der Waals surface area contributed by atoms with E-state index in [-0.39, 0.29) is 24.1 Å². The Hall–Kier alpha value is -1.13. The smallest absolute Gasteiger partial charge is 0.222 e. The van der Waals surface area contributed by atoms with Crippen molar-refractivity contribution in [3.63, 3.8) is 0 Å². The fourth-order valence-corrected chi connectivity index (χ4v) is 2.64. The van der Waals surface area contributed by atoms with Crippen LogP contribution in [0.25, 0.3) is 0 Å². The highest BCUT2D eigenvalue weighted by atomic mass is 35.5. The van der Waals surface area contributed by atoms with Gasteiger partial charge in [0.15, 0.2) is 0 Å². The molecule has 0 spiro atoms. The van der Waals surface area contributed by atoms with Gasteiger partial charge in [-0.2, -0.15) is 0 Å². The van der Waals surface area contributed by atoms with Crippen molar-refractivity contribution < 1.29 is 9.18 Å². The molecule has 0 aromatic heterocycles. The van der Waals surface area contributed by atoms with E-state index in [1.54, 1.807) is 17.0 Å². The van der Waals surface area contributed by atoms with Crippen molar-refractivity contribution in [2.45, 2.75) is 32.2 Å². The summed E-state index contributed by atoms with van der Waals surface area (Å²) in [4.78, 5) is 13.8. The van der Waals surface area contributed by atoms with Gasteiger partial charge in [0.25, 0.3) is 0 Å². The highest BCUT2D eigenvalue weighted by molar-refractivity contribution is 5.85. The molecule has 1 aromatic carbocycles. The minimum Gasteiger partial charge on any atom is -0.341 e. The third-order valence-corrected chi connectivity index (χ3v) is 3.98. The molecule has 1 saturated heterocycles. The van der Waals surface area contributed by atoms with E-state index < -0.39 is 0 Å². The molecule has 5 heteroatoms. The number of hydrogen-bond donors (Lipinski definition) is 1. The Labute approximate surface area is 132 Å². The molecule has 1 aliphatic heterocycles. The van der Waals surface area contributed by atoms with Gasteiger partial charge >= 0.3 is 0 Å². The molecule has 0 atom stereocenters. The summed E-state index contributed by atoms with van der Waals surface area (Å²) in [5, 5.41) is 3.34. The minimum absolute atomic E-state index is 0. The van der Waals surface area contributed by atoms with Crippen molar-refractivity contribution in [3.8, 4) is 0 Å². The first-order valence-corrected chi connectivity index (χ1v) is 7.34. The standard InChI is InChI=1S/C16H23FN2O.ClH/c1-19(12-14-2-5-15(17)6-3-14)16(20)7-4-13-8-10-18-11-9-13;/h2-3,5-6,13,18H,4,7-12H2,1H3;1H. The van der Waals surface area contributed by atoms with Crippen LogP contribution in [0.5, 0.6) is 0 Å². The van der Waals surface area contributed by atoms with Crippen molar-refractivity contribution in [3.05, 3.63) is 35.6 Å². The van der Waals surface area contributed by atoms with Crippen LogP contribution in [0.3, 0.4) is 0 Å². The number of carbonyl (C=O) groups excluding carboxylic acids is 1. The van der Waals surface area contributed by atoms with Crippen molar-refractivity contribution >= 4 is 18.3 Å². The summed E-state index contributed by atoms with van der Waals surface area (Å²) >= 11 is 0. The maximum absolute atomic E-state index is 12.8. The Morgan fingerprint density at radius 1 is 1.29 bits per heavy atom. The van der Waals surface area contributed by atoms with Gasteiger partial charge in [0.05, 0.1) is 0 Å². The van der Waals surface area contributed by atoms with E-state index in [2.05, 4.69) is 5.32 Å². The van der Waals surface area contributed by atoms with Gasteiger partial charge in [-0.05, 0) is 56.0 Å². The maximum atomic E-state index is 12.8. The van der Waals surface area contributed by atoms with Crippen LogP contribution in [0, 0.1) is 11.7 Å². The van der Waals surface area contributed by atoms with Crippen LogP contribution in [0.4, 0.5) is 4.39 Å². The topological polar surface area (TPSA) is 32.3 Å². The second kappa shape index (κ2) is 9.00. The van der Waals surface area contributed by atoms with Gasteiger partial charge in [0, 0.05) is 20.0 Å². The van der Waals surface area contributed by atoms with E-state index in [4.69, 9.17) is 0 Å². The highest BCUT2D eigenvalue weighted by Gasteiger charge is 2.16. The Balaban J connectivity index is 0.00000220. The van der Waals surface area contributed by atoms with Crippen LogP contribution in [0.1, 0.15) is 31.2 Å². The van der Waals surface area contributed by atoms with Gasteiger partial charge < -0.3 is 10.2 Å². The van der Waals surface area contributed by atoms with Gasteiger partial charge in [0.2, 0.25) is 5.91 Å². The molecule has 3 nitrogen and oxygen atoms in total. The van der Waals surface area contributed by atoms with E-state index in [9.17, 15) is 9.18 Å². The lowest BCUT2D eigenvalue weighted by atomic mass is 9.93. The number of piperidine rings is 1. The Kier molecular flexibility index (Phi) is 7.68. The largest absolute Gasteiger partial charge is 0.341 e. The van der Waals surface area contributed by atoms with Gasteiger partial charge in [-0.15, -0.1) is 12.4 Å². The summed E-state index contributed by atoms with van der Waals surface area (Å²) in [5.74, 6) is 0.612. The quantitative estimate of drug-likeness (QED) is 0.906. The molecule has 0 unspecified atom stereocenters. The summed E-state index contributed by atoms with van der Waals surface area (Å²) < 4.78 is 12.8. The number of nitrogens with one attached hydrogen (secondary N) is 1. The predicted molar refractivity (Wildman–Crippen MR) is 84.9 cm³/mol. The molecule has 0 bridgehead atoms. The van der Waals surface area contributed by atoms with Gasteiger partial charge in [0.1, 0.15) is 5.82 Å². The lowest BCUT2D eigenvalue weighted by Crippen LogP contribution is -2.30. The van der Waals surface area contributed by atoms with Crippen molar-refractivity contribution in [1.29, 1.82) is 0 Å². The van der Waals surface area contributed by atoms with Crippen LogP contribution in [-0.4, -0.2) is 30.9 Å². The molecule has 1 N–H and O–H groups in total. The Morgan fingerprint density at radius 3 is 2.52 bits per heavy atom. The van der Waals surface area contributed by atoms with Crippen LogP contribution in [0.15, 0.2) is 24.3 Å². The molecule has 0 saturated carbocycles. The monoisotopic (exact) mass is 314 g/mol. The number of rotatable bonds is 5. The van der Waals surface area contributed by atoms with Gasteiger partial charge in [-0.3, -0.25) is 4.79 Å². The van der Waals surface area contributed by atoms with E-state index in [0.717, 1.165) is 25.1 Å².